The molecule has 0 radical (unpaired) electrons. The Morgan fingerprint density at radius 3 is 2.68 bits per heavy atom. The van der Waals surface area contributed by atoms with E-state index in [0.717, 1.165) is 49.5 Å². The molecule has 1 aromatic rings. The van der Waals surface area contributed by atoms with Gasteiger partial charge in [-0.25, -0.2) is 0 Å². The lowest BCUT2D eigenvalue weighted by molar-refractivity contribution is -0.133. The maximum atomic E-state index is 12.1. The fourth-order valence-electron chi connectivity index (χ4n) is 3.29. The number of ether oxygens (including phenoxy) is 1. The normalized spacial score (nSPS) is 15.5. The molecule has 0 unspecified atom stereocenters. The third-order valence-corrected chi connectivity index (χ3v) is 4.80. The van der Waals surface area contributed by atoms with Crippen molar-refractivity contribution < 1.29 is 14.6 Å². The number of benzene rings is 1. The van der Waals surface area contributed by atoms with Crippen molar-refractivity contribution in [3.63, 3.8) is 0 Å². The summed E-state index contributed by atoms with van der Waals surface area (Å²) in [5.74, 6) is 2.11. The summed E-state index contributed by atoms with van der Waals surface area (Å²) in [6.07, 6.45) is 3.38. The second kappa shape index (κ2) is 9.66. The fourth-order valence-corrected chi connectivity index (χ4v) is 3.29. The topological polar surface area (TPSA) is 61.8 Å². The molecule has 2 N–H and O–H groups in total. The van der Waals surface area contributed by atoms with E-state index in [1.54, 1.807) is 7.11 Å². The third-order valence-electron chi connectivity index (χ3n) is 4.80. The van der Waals surface area contributed by atoms with Crippen LogP contribution in [0.15, 0.2) is 18.2 Å². The van der Waals surface area contributed by atoms with Crippen molar-refractivity contribution in [1.82, 2.24) is 4.90 Å². The summed E-state index contributed by atoms with van der Waals surface area (Å²) in [6.45, 7) is 6.95. The molecule has 1 aliphatic heterocycles. The van der Waals surface area contributed by atoms with Crippen LogP contribution < -0.4 is 10.1 Å². The average Bonchev–Trinajstić information content (AvgIpc) is 2.60. The van der Waals surface area contributed by atoms with Gasteiger partial charge in [-0.05, 0) is 48.8 Å². The van der Waals surface area contributed by atoms with Crippen molar-refractivity contribution in [2.24, 2.45) is 11.8 Å². The summed E-state index contributed by atoms with van der Waals surface area (Å²) in [7, 11) is 1.67. The molecule has 0 spiro atoms. The van der Waals surface area contributed by atoms with Crippen molar-refractivity contribution in [3.05, 3.63) is 23.8 Å². The predicted molar refractivity (Wildman–Crippen MR) is 101 cm³/mol. The predicted octanol–water partition coefficient (Wildman–Crippen LogP) is 2.93. The standard InChI is InChI=1S/C20H32N2O3/c1-15(2)12-20(24)22-9-6-17(7-10-22)14-21-18-5-4-16(8-11-23)13-19(18)25-3/h4-5,13,15,17,21,23H,6-12,14H2,1-3H3. The number of hydrogen-bond acceptors (Lipinski definition) is 4. The second-order valence-electron chi connectivity index (χ2n) is 7.31. The number of methoxy groups -OCH3 is 1. The lowest BCUT2D eigenvalue weighted by Gasteiger charge is -2.32. The number of nitrogens with one attached hydrogen (secondary N) is 1. The van der Waals surface area contributed by atoms with Crippen LogP contribution >= 0.6 is 0 Å². The Balaban J connectivity index is 1.82. The van der Waals surface area contributed by atoms with Gasteiger partial charge in [-0.2, -0.15) is 0 Å². The first-order chi connectivity index (χ1) is 12.0. The summed E-state index contributed by atoms with van der Waals surface area (Å²) in [4.78, 5) is 14.2. The molecule has 140 valence electrons. The molecule has 0 aliphatic carbocycles. The van der Waals surface area contributed by atoms with Crippen LogP contribution in [0.1, 0.15) is 38.7 Å². The van der Waals surface area contributed by atoms with Gasteiger partial charge < -0.3 is 20.1 Å². The molecule has 25 heavy (non-hydrogen) atoms. The molecular weight excluding hydrogens is 316 g/mol. The summed E-state index contributed by atoms with van der Waals surface area (Å²) >= 11 is 0. The molecule has 5 nitrogen and oxygen atoms in total. The van der Waals surface area contributed by atoms with Crippen LogP contribution in [0.5, 0.6) is 5.75 Å². The fraction of sp³-hybridized carbons (Fsp3) is 0.650. The lowest BCUT2D eigenvalue weighted by Crippen LogP contribution is -2.40. The van der Waals surface area contributed by atoms with Crippen LogP contribution in [0.4, 0.5) is 5.69 Å². The molecule has 1 saturated heterocycles. The molecule has 0 bridgehead atoms. The molecular formula is C20H32N2O3. The Hall–Kier alpha value is -1.75. The highest BCUT2D eigenvalue weighted by molar-refractivity contribution is 5.76. The Kier molecular flexibility index (Phi) is 7.56. The maximum absolute atomic E-state index is 12.1. The van der Waals surface area contributed by atoms with Crippen molar-refractivity contribution in [3.8, 4) is 5.75 Å². The zero-order chi connectivity index (χ0) is 18.2. The van der Waals surface area contributed by atoms with Crippen LogP contribution in [0.2, 0.25) is 0 Å². The van der Waals surface area contributed by atoms with E-state index < -0.39 is 0 Å². The number of hydrogen-bond donors (Lipinski definition) is 2. The van der Waals surface area contributed by atoms with Crippen LogP contribution in [0.3, 0.4) is 0 Å². The van der Waals surface area contributed by atoms with Crippen LogP contribution in [0.25, 0.3) is 0 Å². The van der Waals surface area contributed by atoms with Gasteiger partial charge in [0, 0.05) is 32.7 Å². The average molecular weight is 348 g/mol. The van der Waals surface area contributed by atoms with Gasteiger partial charge in [-0.3, -0.25) is 4.79 Å². The van der Waals surface area contributed by atoms with E-state index in [1.165, 1.54) is 0 Å². The Bertz CT molecular complexity index is 552. The lowest BCUT2D eigenvalue weighted by atomic mass is 9.96. The highest BCUT2D eigenvalue weighted by Gasteiger charge is 2.23. The monoisotopic (exact) mass is 348 g/mol. The number of aliphatic hydroxyl groups is 1. The van der Waals surface area contributed by atoms with Crippen LogP contribution in [0, 0.1) is 11.8 Å². The van der Waals surface area contributed by atoms with Gasteiger partial charge in [0.25, 0.3) is 0 Å². The Morgan fingerprint density at radius 1 is 1.36 bits per heavy atom. The van der Waals surface area contributed by atoms with Gasteiger partial charge >= 0.3 is 0 Å². The quantitative estimate of drug-likeness (QED) is 0.758. The zero-order valence-corrected chi connectivity index (χ0v) is 15.8. The minimum Gasteiger partial charge on any atom is -0.495 e. The van der Waals surface area contributed by atoms with E-state index in [-0.39, 0.29) is 6.61 Å². The smallest absolute Gasteiger partial charge is 0.222 e. The van der Waals surface area contributed by atoms with E-state index >= 15 is 0 Å². The number of carbonyl (C=O) groups is 1. The summed E-state index contributed by atoms with van der Waals surface area (Å²) in [5.41, 5.74) is 2.06. The minimum absolute atomic E-state index is 0.143. The minimum atomic E-state index is 0.143. The Labute approximate surface area is 151 Å². The number of nitrogens with zero attached hydrogens (tertiary/aromatic N) is 1. The number of rotatable bonds is 8. The first-order valence-electron chi connectivity index (χ1n) is 9.33. The molecule has 1 heterocycles. The number of anilines is 1. The van der Waals surface area contributed by atoms with Gasteiger partial charge in [0.05, 0.1) is 12.8 Å². The van der Waals surface area contributed by atoms with E-state index in [4.69, 9.17) is 9.84 Å². The zero-order valence-electron chi connectivity index (χ0n) is 15.8. The molecule has 0 saturated carbocycles. The highest BCUT2D eigenvalue weighted by Crippen LogP contribution is 2.27. The number of aliphatic hydroxyl groups excluding tert-OH is 1. The largest absolute Gasteiger partial charge is 0.495 e. The summed E-state index contributed by atoms with van der Waals surface area (Å²) in [6, 6.07) is 6.02. The number of piperidine rings is 1. The molecule has 1 amide bonds. The van der Waals surface area contributed by atoms with E-state index in [0.29, 0.717) is 30.6 Å². The molecule has 1 aliphatic rings. The molecule has 1 aromatic carbocycles. The first-order valence-corrected chi connectivity index (χ1v) is 9.33. The van der Waals surface area contributed by atoms with Crippen molar-refractivity contribution in [1.29, 1.82) is 0 Å². The summed E-state index contributed by atoms with van der Waals surface area (Å²) in [5, 5.41) is 12.5. The van der Waals surface area contributed by atoms with Gasteiger partial charge in [0.1, 0.15) is 5.75 Å². The van der Waals surface area contributed by atoms with Crippen molar-refractivity contribution in [2.45, 2.75) is 39.5 Å². The maximum Gasteiger partial charge on any atom is 0.222 e. The molecule has 5 heteroatoms. The third kappa shape index (κ3) is 5.92. The molecule has 1 fully saturated rings. The second-order valence-corrected chi connectivity index (χ2v) is 7.31. The highest BCUT2D eigenvalue weighted by atomic mass is 16.5. The molecule has 0 atom stereocenters. The van der Waals surface area contributed by atoms with E-state index in [1.807, 2.05) is 23.1 Å². The van der Waals surface area contributed by atoms with Crippen LogP contribution in [-0.2, 0) is 11.2 Å². The molecule has 0 aromatic heterocycles. The number of likely N-dealkylation sites (tertiary alicyclic amines) is 1. The molecule has 2 rings (SSSR count). The van der Waals surface area contributed by atoms with Gasteiger partial charge in [0.2, 0.25) is 5.91 Å². The van der Waals surface area contributed by atoms with E-state index in [9.17, 15) is 4.79 Å². The van der Waals surface area contributed by atoms with Crippen molar-refractivity contribution in [2.75, 3.05) is 38.7 Å². The van der Waals surface area contributed by atoms with Gasteiger partial charge in [-0.1, -0.05) is 19.9 Å². The van der Waals surface area contributed by atoms with Crippen LogP contribution in [-0.4, -0.2) is 49.3 Å². The van der Waals surface area contributed by atoms with Gasteiger partial charge in [-0.15, -0.1) is 0 Å². The Morgan fingerprint density at radius 2 is 2.08 bits per heavy atom. The first kappa shape index (κ1) is 19.6. The van der Waals surface area contributed by atoms with Crippen molar-refractivity contribution >= 4 is 11.6 Å². The summed E-state index contributed by atoms with van der Waals surface area (Å²) < 4.78 is 5.46. The number of amides is 1. The SMILES string of the molecule is COc1cc(CCO)ccc1NCC1CCN(C(=O)CC(C)C)CC1. The van der Waals surface area contributed by atoms with Gasteiger partial charge in [0.15, 0.2) is 0 Å². The number of carbonyl (C=O) groups excluding carboxylic acids is 1. The van der Waals surface area contributed by atoms with E-state index in [2.05, 4.69) is 19.2 Å².